The fourth-order valence-electron chi connectivity index (χ4n) is 1.58. The summed E-state index contributed by atoms with van der Waals surface area (Å²) in [6.45, 7) is 0. The van der Waals surface area contributed by atoms with E-state index in [-0.39, 0.29) is 4.83 Å². The molecule has 0 N–H and O–H groups in total. The van der Waals surface area contributed by atoms with Crippen molar-refractivity contribution >= 4 is 27.3 Å². The van der Waals surface area contributed by atoms with Crippen molar-refractivity contribution in [2.45, 2.75) is 4.83 Å². The summed E-state index contributed by atoms with van der Waals surface area (Å²) in [4.78, 5) is 1.44. The van der Waals surface area contributed by atoms with Crippen molar-refractivity contribution in [3.8, 4) is 11.5 Å². The molecule has 2 aromatic rings. The van der Waals surface area contributed by atoms with E-state index in [1.54, 1.807) is 25.6 Å². The minimum atomic E-state index is 0.173. The molecule has 1 aromatic carbocycles. The second-order valence-electron chi connectivity index (χ2n) is 3.52. The number of rotatable bonds is 4. The van der Waals surface area contributed by atoms with Crippen LogP contribution in [0.5, 0.6) is 11.5 Å². The summed E-state index contributed by atoms with van der Waals surface area (Å²) in [6, 6.07) is 10.1. The Kier molecular flexibility index (Phi) is 4.07. The lowest BCUT2D eigenvalue weighted by molar-refractivity contribution is 0.393. The van der Waals surface area contributed by atoms with Gasteiger partial charge in [-0.3, -0.25) is 0 Å². The van der Waals surface area contributed by atoms with Crippen LogP contribution in [0.25, 0.3) is 0 Å². The fourth-order valence-corrected chi connectivity index (χ4v) is 3.04. The molecule has 0 aliphatic heterocycles. The highest BCUT2D eigenvalue weighted by Crippen LogP contribution is 2.37. The van der Waals surface area contributed by atoms with Gasteiger partial charge in [-0.05, 0) is 29.1 Å². The maximum atomic E-state index is 5.27. The maximum Gasteiger partial charge on any atom is 0.122 e. The van der Waals surface area contributed by atoms with E-state index in [0.717, 1.165) is 17.1 Å². The van der Waals surface area contributed by atoms with Crippen LogP contribution in [0.1, 0.15) is 15.3 Å². The summed E-state index contributed by atoms with van der Waals surface area (Å²) in [7, 11) is 3.32. The monoisotopic (exact) mass is 312 g/mol. The number of hydrogen-bond acceptors (Lipinski definition) is 3. The average Bonchev–Trinajstić information content (AvgIpc) is 2.91. The number of alkyl halides is 1. The first kappa shape index (κ1) is 12.5. The third-order valence-corrected chi connectivity index (χ3v) is 4.72. The minimum Gasteiger partial charge on any atom is -0.497 e. The molecule has 0 saturated heterocycles. The highest BCUT2D eigenvalue weighted by molar-refractivity contribution is 9.09. The number of benzene rings is 1. The molecular formula is C13H13BrO2S. The van der Waals surface area contributed by atoms with Crippen molar-refractivity contribution in [1.82, 2.24) is 0 Å². The SMILES string of the molecule is COc1cc(OC)cc(C(Br)c2cccs2)c1. The highest BCUT2D eigenvalue weighted by Gasteiger charge is 2.13. The Hall–Kier alpha value is -1.00. The molecular weight excluding hydrogens is 300 g/mol. The third kappa shape index (κ3) is 2.82. The molecule has 1 heterocycles. The first-order valence-corrected chi connectivity index (χ1v) is 6.94. The Labute approximate surface area is 113 Å². The van der Waals surface area contributed by atoms with Crippen molar-refractivity contribution in [2.24, 2.45) is 0 Å². The molecule has 0 amide bonds. The lowest BCUT2D eigenvalue weighted by Gasteiger charge is -2.12. The Balaban J connectivity index is 2.37. The molecule has 1 aromatic heterocycles. The molecule has 1 atom stereocenters. The first-order chi connectivity index (χ1) is 8.24. The lowest BCUT2D eigenvalue weighted by atomic mass is 10.1. The van der Waals surface area contributed by atoms with Gasteiger partial charge in [-0.25, -0.2) is 0 Å². The van der Waals surface area contributed by atoms with Crippen LogP contribution in [-0.2, 0) is 0 Å². The molecule has 1 unspecified atom stereocenters. The largest absolute Gasteiger partial charge is 0.497 e. The van der Waals surface area contributed by atoms with Crippen LogP contribution < -0.4 is 9.47 Å². The molecule has 0 fully saturated rings. The fraction of sp³-hybridized carbons (Fsp3) is 0.231. The second-order valence-corrected chi connectivity index (χ2v) is 5.42. The topological polar surface area (TPSA) is 18.5 Å². The zero-order valence-electron chi connectivity index (χ0n) is 9.64. The quantitative estimate of drug-likeness (QED) is 0.786. The number of hydrogen-bond donors (Lipinski definition) is 0. The highest BCUT2D eigenvalue weighted by atomic mass is 79.9. The maximum absolute atomic E-state index is 5.27. The molecule has 0 aliphatic rings. The average molecular weight is 313 g/mol. The number of methoxy groups -OCH3 is 2. The minimum absolute atomic E-state index is 0.173. The van der Waals surface area contributed by atoms with E-state index in [9.17, 15) is 0 Å². The molecule has 4 heteroatoms. The standard InChI is InChI=1S/C13H13BrO2S/c1-15-10-6-9(7-11(8-10)16-2)13(14)12-4-3-5-17-12/h3-8,13H,1-2H3. The molecule has 0 spiro atoms. The van der Waals surface area contributed by atoms with Gasteiger partial charge in [0.2, 0.25) is 0 Å². The molecule has 0 bridgehead atoms. The van der Waals surface area contributed by atoms with Crippen LogP contribution >= 0.6 is 27.3 Å². The van der Waals surface area contributed by atoms with Gasteiger partial charge in [0, 0.05) is 10.9 Å². The van der Waals surface area contributed by atoms with Crippen LogP contribution in [0.2, 0.25) is 0 Å². The molecule has 2 rings (SSSR count). The Morgan fingerprint density at radius 3 is 2.24 bits per heavy atom. The Morgan fingerprint density at radius 2 is 1.76 bits per heavy atom. The van der Waals surface area contributed by atoms with E-state index in [0.29, 0.717) is 0 Å². The van der Waals surface area contributed by atoms with Gasteiger partial charge in [0.1, 0.15) is 11.5 Å². The molecule has 0 aliphatic carbocycles. The summed E-state index contributed by atoms with van der Waals surface area (Å²) in [5.41, 5.74) is 1.13. The van der Waals surface area contributed by atoms with Crippen molar-refractivity contribution in [3.63, 3.8) is 0 Å². The van der Waals surface area contributed by atoms with Gasteiger partial charge in [-0.2, -0.15) is 0 Å². The summed E-state index contributed by atoms with van der Waals surface area (Å²) >= 11 is 5.42. The summed E-state index contributed by atoms with van der Waals surface area (Å²) < 4.78 is 10.5. The Bertz CT molecular complexity index is 460. The van der Waals surface area contributed by atoms with Gasteiger partial charge in [0.15, 0.2) is 0 Å². The Morgan fingerprint density at radius 1 is 1.12 bits per heavy atom. The number of thiophene rings is 1. The van der Waals surface area contributed by atoms with E-state index in [1.165, 1.54) is 4.88 Å². The van der Waals surface area contributed by atoms with Gasteiger partial charge >= 0.3 is 0 Å². The van der Waals surface area contributed by atoms with Crippen LogP contribution in [0.3, 0.4) is 0 Å². The zero-order valence-corrected chi connectivity index (χ0v) is 12.0. The first-order valence-electron chi connectivity index (χ1n) is 5.15. The van der Waals surface area contributed by atoms with Crippen LogP contribution in [-0.4, -0.2) is 14.2 Å². The lowest BCUT2D eigenvalue weighted by Crippen LogP contribution is -1.94. The van der Waals surface area contributed by atoms with Gasteiger partial charge < -0.3 is 9.47 Å². The van der Waals surface area contributed by atoms with Crippen molar-refractivity contribution in [3.05, 3.63) is 46.2 Å². The third-order valence-electron chi connectivity index (χ3n) is 2.46. The van der Waals surface area contributed by atoms with E-state index in [1.807, 2.05) is 24.3 Å². The summed E-state index contributed by atoms with van der Waals surface area (Å²) in [5.74, 6) is 1.61. The van der Waals surface area contributed by atoms with Crippen molar-refractivity contribution in [2.75, 3.05) is 14.2 Å². The molecule has 2 nitrogen and oxygen atoms in total. The van der Waals surface area contributed by atoms with E-state index in [2.05, 4.69) is 27.4 Å². The molecule has 0 saturated carbocycles. The second kappa shape index (κ2) is 5.56. The van der Waals surface area contributed by atoms with Crippen LogP contribution in [0.4, 0.5) is 0 Å². The number of halogens is 1. The van der Waals surface area contributed by atoms with Crippen LogP contribution in [0.15, 0.2) is 35.7 Å². The normalized spacial score (nSPS) is 12.2. The summed E-state index contributed by atoms with van der Waals surface area (Å²) in [5, 5.41) is 2.07. The van der Waals surface area contributed by atoms with Gasteiger partial charge in [-0.1, -0.05) is 22.0 Å². The van der Waals surface area contributed by atoms with Gasteiger partial charge in [0.05, 0.1) is 19.0 Å². The molecule has 0 radical (unpaired) electrons. The van der Waals surface area contributed by atoms with E-state index < -0.39 is 0 Å². The van der Waals surface area contributed by atoms with Gasteiger partial charge in [0.25, 0.3) is 0 Å². The smallest absolute Gasteiger partial charge is 0.122 e. The predicted octanol–water partition coefficient (Wildman–Crippen LogP) is 4.25. The van der Waals surface area contributed by atoms with Crippen LogP contribution in [0, 0.1) is 0 Å². The number of ether oxygens (including phenoxy) is 2. The summed E-state index contributed by atoms with van der Waals surface area (Å²) in [6.07, 6.45) is 0. The molecule has 90 valence electrons. The van der Waals surface area contributed by atoms with E-state index >= 15 is 0 Å². The van der Waals surface area contributed by atoms with Crippen molar-refractivity contribution < 1.29 is 9.47 Å². The van der Waals surface area contributed by atoms with E-state index in [4.69, 9.17) is 9.47 Å². The zero-order chi connectivity index (χ0) is 12.3. The van der Waals surface area contributed by atoms with Crippen molar-refractivity contribution in [1.29, 1.82) is 0 Å². The predicted molar refractivity (Wildman–Crippen MR) is 74.6 cm³/mol. The van der Waals surface area contributed by atoms with Gasteiger partial charge in [-0.15, -0.1) is 11.3 Å². The molecule has 17 heavy (non-hydrogen) atoms.